The van der Waals surface area contributed by atoms with Crippen molar-refractivity contribution in [1.82, 2.24) is 4.90 Å². The summed E-state index contributed by atoms with van der Waals surface area (Å²) in [5, 5.41) is 0. The van der Waals surface area contributed by atoms with E-state index in [1.54, 1.807) is 11.8 Å². The average Bonchev–Trinajstić information content (AvgIpc) is 2.54. The predicted molar refractivity (Wildman–Crippen MR) is 77.6 cm³/mol. The number of morpholine rings is 1. The van der Waals surface area contributed by atoms with Gasteiger partial charge in [-0.2, -0.15) is 0 Å². The molecule has 1 aliphatic heterocycles. The number of carbonyl (C=O) groups is 2. The zero-order valence-electron chi connectivity index (χ0n) is 12.3. The third kappa shape index (κ3) is 4.56. The Labute approximate surface area is 124 Å². The molecule has 1 atom stereocenters. The molecule has 114 valence electrons. The number of hydrogen-bond donors (Lipinski definition) is 0. The van der Waals surface area contributed by atoms with Crippen LogP contribution in [0.15, 0.2) is 30.3 Å². The van der Waals surface area contributed by atoms with Gasteiger partial charge >= 0.3 is 5.97 Å². The van der Waals surface area contributed by atoms with Crippen LogP contribution in [0.3, 0.4) is 0 Å². The van der Waals surface area contributed by atoms with Gasteiger partial charge in [0.1, 0.15) is 6.10 Å². The summed E-state index contributed by atoms with van der Waals surface area (Å²) < 4.78 is 10.6. The fourth-order valence-corrected chi connectivity index (χ4v) is 2.35. The largest absolute Gasteiger partial charge is 0.466 e. The second-order valence-electron chi connectivity index (χ2n) is 4.91. The van der Waals surface area contributed by atoms with Crippen molar-refractivity contribution in [3.63, 3.8) is 0 Å². The Hall–Kier alpha value is -1.88. The van der Waals surface area contributed by atoms with Gasteiger partial charge in [0.25, 0.3) is 0 Å². The van der Waals surface area contributed by atoms with Gasteiger partial charge in [-0.1, -0.05) is 30.3 Å². The third-order valence-electron chi connectivity index (χ3n) is 3.44. The number of ether oxygens (including phenoxy) is 2. The third-order valence-corrected chi connectivity index (χ3v) is 3.44. The summed E-state index contributed by atoms with van der Waals surface area (Å²) in [6.07, 6.45) is 0.242. The van der Waals surface area contributed by atoms with Crippen molar-refractivity contribution < 1.29 is 19.1 Å². The molecule has 21 heavy (non-hydrogen) atoms. The quantitative estimate of drug-likeness (QED) is 0.778. The fourth-order valence-electron chi connectivity index (χ4n) is 2.35. The number of benzene rings is 1. The Morgan fingerprint density at radius 2 is 2.05 bits per heavy atom. The highest BCUT2D eigenvalue weighted by Crippen LogP contribution is 2.22. The van der Waals surface area contributed by atoms with E-state index in [2.05, 4.69) is 0 Å². The molecule has 0 N–H and O–H groups in total. The molecule has 1 heterocycles. The van der Waals surface area contributed by atoms with Gasteiger partial charge < -0.3 is 14.4 Å². The van der Waals surface area contributed by atoms with Crippen LogP contribution in [0.25, 0.3) is 0 Å². The zero-order valence-corrected chi connectivity index (χ0v) is 12.3. The monoisotopic (exact) mass is 291 g/mol. The van der Waals surface area contributed by atoms with Crippen LogP contribution < -0.4 is 0 Å². The van der Waals surface area contributed by atoms with Gasteiger partial charge in [0.05, 0.1) is 26.2 Å². The van der Waals surface area contributed by atoms with E-state index in [4.69, 9.17) is 9.47 Å². The summed E-state index contributed by atoms with van der Waals surface area (Å²) in [4.78, 5) is 25.2. The van der Waals surface area contributed by atoms with E-state index in [0.29, 0.717) is 26.3 Å². The Bertz CT molecular complexity index is 474. The summed E-state index contributed by atoms with van der Waals surface area (Å²) in [6.45, 7) is 3.73. The second-order valence-corrected chi connectivity index (χ2v) is 4.91. The van der Waals surface area contributed by atoms with Gasteiger partial charge in [-0.25, -0.2) is 0 Å². The summed E-state index contributed by atoms with van der Waals surface area (Å²) in [5.41, 5.74) is 1.07. The molecular formula is C16H21NO4. The minimum Gasteiger partial charge on any atom is -0.466 e. The van der Waals surface area contributed by atoms with Crippen molar-refractivity contribution in [3.8, 4) is 0 Å². The number of amides is 1. The van der Waals surface area contributed by atoms with Gasteiger partial charge in [-0.3, -0.25) is 9.59 Å². The van der Waals surface area contributed by atoms with Crippen LogP contribution in [0, 0.1) is 0 Å². The lowest BCUT2D eigenvalue weighted by Gasteiger charge is -2.33. The first kappa shape index (κ1) is 15.5. The average molecular weight is 291 g/mol. The van der Waals surface area contributed by atoms with E-state index < -0.39 is 0 Å². The van der Waals surface area contributed by atoms with Crippen molar-refractivity contribution in [2.75, 3.05) is 26.3 Å². The lowest BCUT2D eigenvalue weighted by molar-refractivity contribution is -0.147. The molecule has 0 aromatic heterocycles. The van der Waals surface area contributed by atoms with Crippen LogP contribution >= 0.6 is 0 Å². The maximum atomic E-state index is 12.1. The second kappa shape index (κ2) is 7.78. The Balaban J connectivity index is 1.86. The van der Waals surface area contributed by atoms with E-state index in [1.807, 2.05) is 30.3 Å². The fraction of sp³-hybridized carbons (Fsp3) is 0.500. The topological polar surface area (TPSA) is 55.8 Å². The van der Waals surface area contributed by atoms with Gasteiger partial charge in [0.15, 0.2) is 0 Å². The number of carbonyl (C=O) groups excluding carboxylic acids is 2. The normalized spacial score (nSPS) is 18.3. The molecule has 0 saturated carbocycles. The van der Waals surface area contributed by atoms with Gasteiger partial charge in [-0.05, 0) is 12.5 Å². The van der Waals surface area contributed by atoms with Crippen LogP contribution in [0.1, 0.15) is 31.4 Å². The van der Waals surface area contributed by atoms with Gasteiger partial charge in [0, 0.05) is 13.0 Å². The van der Waals surface area contributed by atoms with Crippen molar-refractivity contribution in [1.29, 1.82) is 0 Å². The molecule has 1 aromatic rings. The first-order valence-corrected chi connectivity index (χ1v) is 7.30. The lowest BCUT2D eigenvalue weighted by atomic mass is 10.1. The molecule has 1 saturated heterocycles. The highest BCUT2D eigenvalue weighted by Gasteiger charge is 2.25. The van der Waals surface area contributed by atoms with Crippen LogP contribution in [-0.2, 0) is 19.1 Å². The molecule has 0 bridgehead atoms. The molecule has 1 fully saturated rings. The Kier molecular flexibility index (Phi) is 5.75. The van der Waals surface area contributed by atoms with Crippen molar-refractivity contribution >= 4 is 11.9 Å². The van der Waals surface area contributed by atoms with E-state index in [0.717, 1.165) is 5.56 Å². The smallest absolute Gasteiger partial charge is 0.306 e. The number of nitrogens with zero attached hydrogens (tertiary/aromatic N) is 1. The standard InChI is InChI=1S/C16H21NO4/c1-2-20-16(19)9-8-15(18)17-10-11-21-14(12-17)13-6-4-3-5-7-13/h3-7,14H,2,8-12H2,1H3/t14-/m1/s1. The molecular weight excluding hydrogens is 270 g/mol. The highest BCUT2D eigenvalue weighted by atomic mass is 16.5. The molecule has 1 aromatic carbocycles. The molecule has 0 spiro atoms. The molecule has 1 amide bonds. The molecule has 0 unspecified atom stereocenters. The van der Waals surface area contributed by atoms with Crippen LogP contribution in [0.5, 0.6) is 0 Å². The van der Waals surface area contributed by atoms with Gasteiger partial charge in [-0.15, -0.1) is 0 Å². The maximum absolute atomic E-state index is 12.1. The van der Waals surface area contributed by atoms with Crippen molar-refractivity contribution in [2.45, 2.75) is 25.9 Å². The van der Waals surface area contributed by atoms with Crippen LogP contribution in [-0.4, -0.2) is 43.1 Å². The van der Waals surface area contributed by atoms with E-state index in [-0.39, 0.29) is 30.8 Å². The lowest BCUT2D eigenvalue weighted by Crippen LogP contribution is -2.42. The summed E-state index contributed by atoms with van der Waals surface area (Å²) in [5.74, 6) is -0.342. The minimum atomic E-state index is -0.321. The van der Waals surface area contributed by atoms with Gasteiger partial charge in [0.2, 0.25) is 5.91 Å². The summed E-state index contributed by atoms with van der Waals surface area (Å²) >= 11 is 0. The summed E-state index contributed by atoms with van der Waals surface area (Å²) in [6, 6.07) is 9.86. The molecule has 5 nitrogen and oxygen atoms in total. The van der Waals surface area contributed by atoms with Crippen molar-refractivity contribution in [2.24, 2.45) is 0 Å². The first-order chi connectivity index (χ1) is 10.2. The Morgan fingerprint density at radius 1 is 1.29 bits per heavy atom. The first-order valence-electron chi connectivity index (χ1n) is 7.30. The van der Waals surface area contributed by atoms with E-state index in [9.17, 15) is 9.59 Å². The molecule has 2 rings (SSSR count). The number of esters is 1. The SMILES string of the molecule is CCOC(=O)CCC(=O)N1CCO[C@@H](c2ccccc2)C1. The van der Waals surface area contributed by atoms with Crippen LogP contribution in [0.2, 0.25) is 0 Å². The van der Waals surface area contributed by atoms with E-state index >= 15 is 0 Å². The number of rotatable bonds is 5. The molecule has 1 aliphatic rings. The van der Waals surface area contributed by atoms with Crippen molar-refractivity contribution in [3.05, 3.63) is 35.9 Å². The molecule has 5 heteroatoms. The maximum Gasteiger partial charge on any atom is 0.306 e. The minimum absolute atomic E-state index is 0.0210. The number of hydrogen-bond acceptors (Lipinski definition) is 4. The molecule has 0 radical (unpaired) electrons. The zero-order chi connectivity index (χ0) is 15.1. The van der Waals surface area contributed by atoms with Crippen LogP contribution in [0.4, 0.5) is 0 Å². The summed E-state index contributed by atoms with van der Waals surface area (Å²) in [7, 11) is 0. The highest BCUT2D eigenvalue weighted by molar-refractivity contribution is 5.81. The molecule has 0 aliphatic carbocycles. The Morgan fingerprint density at radius 3 is 2.76 bits per heavy atom. The predicted octanol–water partition coefficient (Wildman–Crippen LogP) is 1.93. The van der Waals surface area contributed by atoms with E-state index in [1.165, 1.54) is 0 Å².